The third kappa shape index (κ3) is 1.72. The molecule has 0 aliphatic heterocycles. The number of hydrogen-bond donors (Lipinski definition) is 0. The maximum absolute atomic E-state index is 2.42. The van der Waals surface area contributed by atoms with Crippen molar-refractivity contribution in [1.82, 2.24) is 0 Å². The molecule has 0 saturated heterocycles. The van der Waals surface area contributed by atoms with Gasteiger partial charge in [0.15, 0.2) is 0 Å². The van der Waals surface area contributed by atoms with Gasteiger partial charge in [-0.05, 0) is 66.4 Å². The molecule has 3 aromatic heterocycles. The van der Waals surface area contributed by atoms with E-state index < -0.39 is 0 Å². The molecule has 28 heavy (non-hydrogen) atoms. The molecular formula is C25H16S3. The van der Waals surface area contributed by atoms with Crippen molar-refractivity contribution < 1.29 is 0 Å². The van der Waals surface area contributed by atoms with E-state index in [-0.39, 0.29) is 0 Å². The summed E-state index contributed by atoms with van der Waals surface area (Å²) in [6, 6.07) is 16.4. The Morgan fingerprint density at radius 1 is 0.536 bits per heavy atom. The Morgan fingerprint density at radius 3 is 1.86 bits per heavy atom. The van der Waals surface area contributed by atoms with E-state index in [0.29, 0.717) is 0 Å². The normalized spacial score (nSPS) is 12.8. The lowest BCUT2D eigenvalue weighted by Crippen LogP contribution is -1.80. The second-order valence-corrected chi connectivity index (χ2v) is 11.6. The van der Waals surface area contributed by atoms with E-state index in [1.807, 2.05) is 34.0 Å². The third-order valence-corrected chi connectivity index (χ3v) is 9.60. The van der Waals surface area contributed by atoms with Gasteiger partial charge in [-0.2, -0.15) is 0 Å². The molecular weight excluding hydrogens is 396 g/mol. The zero-order valence-corrected chi connectivity index (χ0v) is 18.2. The fraction of sp³-hybridized carbons (Fsp3) is 0.120. The van der Waals surface area contributed by atoms with Crippen LogP contribution in [0.1, 0.15) is 14.6 Å². The highest BCUT2D eigenvalue weighted by Crippen LogP contribution is 2.60. The van der Waals surface area contributed by atoms with Crippen LogP contribution in [0.4, 0.5) is 0 Å². The molecule has 0 N–H and O–H groups in total. The summed E-state index contributed by atoms with van der Waals surface area (Å²) >= 11 is 5.79. The van der Waals surface area contributed by atoms with Crippen LogP contribution in [0, 0.1) is 20.8 Å². The first-order valence-corrected chi connectivity index (χ1v) is 12.0. The Kier molecular flexibility index (Phi) is 2.82. The van der Waals surface area contributed by atoms with Crippen LogP contribution in [0.25, 0.3) is 64.3 Å². The number of thiophene rings is 3. The zero-order chi connectivity index (χ0) is 18.7. The molecule has 0 spiro atoms. The van der Waals surface area contributed by atoms with Gasteiger partial charge in [0.1, 0.15) is 0 Å². The molecule has 0 unspecified atom stereocenters. The van der Waals surface area contributed by atoms with Gasteiger partial charge in [-0.15, -0.1) is 34.0 Å². The summed E-state index contributed by atoms with van der Waals surface area (Å²) in [5.74, 6) is 0. The first-order valence-electron chi connectivity index (χ1n) is 9.53. The molecule has 0 saturated carbocycles. The van der Waals surface area contributed by atoms with E-state index >= 15 is 0 Å². The first-order chi connectivity index (χ1) is 13.6. The van der Waals surface area contributed by atoms with Crippen molar-refractivity contribution in [3.05, 3.63) is 57.1 Å². The lowest BCUT2D eigenvalue weighted by molar-refractivity contribution is 1.61. The SMILES string of the molecule is Cc1ccc(-c2cc3c(s2)-c2ccc4c5c(ccc-3c25)-c2c(C)sc(C)c2-4)s1. The van der Waals surface area contributed by atoms with E-state index in [1.54, 1.807) is 0 Å². The van der Waals surface area contributed by atoms with Crippen LogP contribution in [0.2, 0.25) is 0 Å². The number of rotatable bonds is 1. The van der Waals surface area contributed by atoms with Crippen LogP contribution < -0.4 is 0 Å². The molecule has 0 radical (unpaired) electrons. The summed E-state index contributed by atoms with van der Waals surface area (Å²) in [4.78, 5) is 8.51. The number of fused-ring (bicyclic) bond motifs is 6. The van der Waals surface area contributed by atoms with Crippen LogP contribution in [0.5, 0.6) is 0 Å². The summed E-state index contributed by atoms with van der Waals surface area (Å²) in [5.41, 5.74) is 10.1. The Morgan fingerprint density at radius 2 is 1.18 bits per heavy atom. The van der Waals surface area contributed by atoms with E-state index in [0.717, 1.165) is 0 Å². The van der Waals surface area contributed by atoms with Gasteiger partial charge in [0.2, 0.25) is 0 Å². The minimum absolute atomic E-state index is 1.38. The van der Waals surface area contributed by atoms with E-state index in [4.69, 9.17) is 0 Å². The second kappa shape index (κ2) is 5.04. The third-order valence-electron chi connectivity index (χ3n) is 6.21. The maximum Gasteiger partial charge on any atom is 0.0455 e. The molecule has 2 aliphatic carbocycles. The standard InChI is InChI=1S/C25H16S3/c1-11-4-9-19(26-11)20-10-18-14-5-6-15-21-12(2)27-13(3)22(21)16-7-8-17(25(18)28-20)23(14)24(15)16/h4-10H,1-3H3. The monoisotopic (exact) mass is 412 g/mol. The van der Waals surface area contributed by atoms with Crippen molar-refractivity contribution >= 4 is 44.8 Å². The van der Waals surface area contributed by atoms with Crippen LogP contribution in [0.15, 0.2) is 42.5 Å². The lowest BCUT2D eigenvalue weighted by atomic mass is 9.97. The smallest absolute Gasteiger partial charge is 0.0455 e. The van der Waals surface area contributed by atoms with Gasteiger partial charge < -0.3 is 0 Å². The average molecular weight is 413 g/mol. The molecule has 0 nitrogen and oxygen atoms in total. The molecule has 0 fully saturated rings. The molecule has 0 bridgehead atoms. The van der Waals surface area contributed by atoms with Crippen molar-refractivity contribution in [2.24, 2.45) is 0 Å². The summed E-state index contributed by atoms with van der Waals surface area (Å²) in [6.07, 6.45) is 0. The minimum atomic E-state index is 1.38. The van der Waals surface area contributed by atoms with Crippen molar-refractivity contribution in [1.29, 1.82) is 0 Å². The lowest BCUT2D eigenvalue weighted by Gasteiger charge is -2.07. The van der Waals surface area contributed by atoms with Gasteiger partial charge >= 0.3 is 0 Å². The molecule has 0 amide bonds. The molecule has 3 heterocycles. The van der Waals surface area contributed by atoms with Gasteiger partial charge in [0.05, 0.1) is 0 Å². The fourth-order valence-corrected chi connectivity index (χ4v) is 8.38. The molecule has 7 rings (SSSR count). The number of benzene rings is 2. The quantitative estimate of drug-likeness (QED) is 0.252. The largest absolute Gasteiger partial charge is 0.145 e. The molecule has 2 aromatic carbocycles. The topological polar surface area (TPSA) is 0 Å². The molecule has 3 heteroatoms. The van der Waals surface area contributed by atoms with Crippen molar-refractivity contribution in [3.8, 4) is 53.6 Å². The average Bonchev–Trinajstić information content (AvgIpc) is 3.43. The first kappa shape index (κ1) is 15.7. The Labute approximate surface area is 175 Å². The molecule has 2 aliphatic rings. The molecule has 134 valence electrons. The van der Waals surface area contributed by atoms with Crippen molar-refractivity contribution in [3.63, 3.8) is 0 Å². The highest BCUT2D eigenvalue weighted by Gasteiger charge is 2.33. The van der Waals surface area contributed by atoms with Gasteiger partial charge in [-0.25, -0.2) is 0 Å². The zero-order valence-electron chi connectivity index (χ0n) is 15.8. The summed E-state index contributed by atoms with van der Waals surface area (Å²) < 4.78 is 0. The van der Waals surface area contributed by atoms with E-state index in [2.05, 4.69) is 63.2 Å². The molecule has 0 atom stereocenters. The highest BCUT2D eigenvalue weighted by atomic mass is 32.1. The van der Waals surface area contributed by atoms with Crippen LogP contribution in [-0.2, 0) is 0 Å². The Bertz CT molecular complexity index is 1400. The Hall–Kier alpha value is -2.20. The van der Waals surface area contributed by atoms with Crippen molar-refractivity contribution in [2.45, 2.75) is 20.8 Å². The summed E-state index contributed by atoms with van der Waals surface area (Å²) in [5, 5.41) is 2.96. The van der Waals surface area contributed by atoms with Gasteiger partial charge in [-0.1, -0.05) is 24.3 Å². The fourth-order valence-electron chi connectivity index (χ4n) is 5.14. The maximum atomic E-state index is 2.42. The predicted molar refractivity (Wildman–Crippen MR) is 126 cm³/mol. The second-order valence-electron chi connectivity index (χ2n) is 7.80. The van der Waals surface area contributed by atoms with Gasteiger partial charge in [-0.3, -0.25) is 0 Å². The van der Waals surface area contributed by atoms with E-state index in [9.17, 15) is 0 Å². The summed E-state index contributed by atoms with van der Waals surface area (Å²) in [7, 11) is 0. The summed E-state index contributed by atoms with van der Waals surface area (Å²) in [6.45, 7) is 6.73. The number of hydrogen-bond acceptors (Lipinski definition) is 3. The van der Waals surface area contributed by atoms with E-state index in [1.165, 1.54) is 79.0 Å². The number of aryl methyl sites for hydroxylation is 3. The van der Waals surface area contributed by atoms with Crippen LogP contribution in [-0.4, -0.2) is 0 Å². The predicted octanol–water partition coefficient (Wildman–Crippen LogP) is 8.91. The van der Waals surface area contributed by atoms with Crippen LogP contribution in [0.3, 0.4) is 0 Å². The van der Waals surface area contributed by atoms with Gasteiger partial charge in [0, 0.05) is 51.5 Å². The minimum Gasteiger partial charge on any atom is -0.145 e. The molecule has 5 aromatic rings. The van der Waals surface area contributed by atoms with Crippen molar-refractivity contribution in [2.75, 3.05) is 0 Å². The van der Waals surface area contributed by atoms with Crippen LogP contribution >= 0.6 is 34.0 Å². The Balaban J connectivity index is 1.54. The highest BCUT2D eigenvalue weighted by molar-refractivity contribution is 7.24. The van der Waals surface area contributed by atoms with Gasteiger partial charge in [0.25, 0.3) is 0 Å².